The van der Waals surface area contributed by atoms with Crippen LogP contribution in [-0.4, -0.2) is 0 Å². The van der Waals surface area contributed by atoms with E-state index in [-0.39, 0.29) is 5.41 Å². The average molecular weight is 713 g/mol. The van der Waals surface area contributed by atoms with Crippen molar-refractivity contribution < 1.29 is 4.42 Å². The summed E-state index contributed by atoms with van der Waals surface area (Å²) >= 11 is 0. The number of rotatable bonds is 3. The van der Waals surface area contributed by atoms with Gasteiger partial charge in [0.25, 0.3) is 0 Å². The third-order valence-electron chi connectivity index (χ3n) is 12.6. The molecule has 1 aromatic heterocycles. The second kappa shape index (κ2) is 11.5. The van der Waals surface area contributed by atoms with Crippen LogP contribution >= 0.6 is 0 Å². The summed E-state index contributed by atoms with van der Waals surface area (Å²) in [7, 11) is 0. The number of furan rings is 1. The van der Waals surface area contributed by atoms with Crippen molar-refractivity contribution >= 4 is 65.0 Å². The first-order valence-electron chi connectivity index (χ1n) is 19.6. The zero-order valence-corrected chi connectivity index (χ0v) is 31.2. The van der Waals surface area contributed by atoms with Crippen molar-refractivity contribution in [3.05, 3.63) is 193 Å². The molecule has 0 radical (unpaired) electrons. The van der Waals surface area contributed by atoms with Gasteiger partial charge in [0.1, 0.15) is 11.2 Å². The van der Waals surface area contributed by atoms with Gasteiger partial charge in [0.2, 0.25) is 0 Å². The van der Waals surface area contributed by atoms with Crippen LogP contribution in [0.5, 0.6) is 0 Å². The highest BCUT2D eigenvalue weighted by atomic mass is 16.3. The van der Waals surface area contributed by atoms with Gasteiger partial charge in [-0.05, 0) is 112 Å². The van der Waals surface area contributed by atoms with Gasteiger partial charge in [-0.25, -0.2) is 0 Å². The fourth-order valence-electron chi connectivity index (χ4n) is 10.1. The monoisotopic (exact) mass is 712 g/mol. The Labute approximate surface area is 325 Å². The average Bonchev–Trinajstić information content (AvgIpc) is 3.75. The summed E-state index contributed by atoms with van der Waals surface area (Å²) in [5.74, 6) is 0. The number of benzene rings is 10. The van der Waals surface area contributed by atoms with E-state index in [0.717, 1.165) is 11.2 Å². The minimum atomic E-state index is -0.197. The molecule has 0 N–H and O–H groups in total. The van der Waals surface area contributed by atoms with E-state index < -0.39 is 0 Å². The lowest BCUT2D eigenvalue weighted by Gasteiger charge is -2.24. The van der Waals surface area contributed by atoms with Gasteiger partial charge >= 0.3 is 0 Å². The van der Waals surface area contributed by atoms with E-state index >= 15 is 0 Å². The van der Waals surface area contributed by atoms with Gasteiger partial charge < -0.3 is 4.42 Å². The zero-order chi connectivity index (χ0) is 37.1. The van der Waals surface area contributed by atoms with Gasteiger partial charge in [-0.15, -0.1) is 0 Å². The fraction of sp³-hybridized carbons (Fsp3) is 0.0545. The maximum atomic E-state index is 6.61. The Balaban J connectivity index is 1.01. The highest BCUT2D eigenvalue weighted by molar-refractivity contribution is 6.25. The molecule has 1 heteroatoms. The van der Waals surface area contributed by atoms with Crippen LogP contribution in [0.4, 0.5) is 0 Å². The molecule has 0 amide bonds. The Kier molecular flexibility index (Phi) is 6.46. The van der Waals surface area contributed by atoms with Crippen molar-refractivity contribution in [1.29, 1.82) is 0 Å². The van der Waals surface area contributed by atoms with Crippen molar-refractivity contribution in [1.82, 2.24) is 0 Å². The Morgan fingerprint density at radius 1 is 0.375 bits per heavy atom. The molecule has 11 aromatic rings. The summed E-state index contributed by atoms with van der Waals surface area (Å²) in [6.07, 6.45) is 0. The van der Waals surface area contributed by atoms with Gasteiger partial charge in [-0.1, -0.05) is 178 Å². The molecule has 0 unspecified atom stereocenters. The molecule has 1 aliphatic carbocycles. The fourth-order valence-corrected chi connectivity index (χ4v) is 10.1. The number of hydrogen-bond donors (Lipinski definition) is 0. The maximum absolute atomic E-state index is 6.61. The molecule has 0 fully saturated rings. The minimum absolute atomic E-state index is 0.197. The van der Waals surface area contributed by atoms with Crippen LogP contribution in [0, 0.1) is 0 Å². The minimum Gasteiger partial charge on any atom is -0.455 e. The van der Waals surface area contributed by atoms with Gasteiger partial charge in [-0.3, -0.25) is 0 Å². The first-order valence-corrected chi connectivity index (χ1v) is 19.6. The molecule has 0 aliphatic heterocycles. The molecule has 1 heterocycles. The van der Waals surface area contributed by atoms with Crippen LogP contribution in [0.3, 0.4) is 0 Å². The molecular weight excluding hydrogens is 677 g/mol. The second-order valence-electron chi connectivity index (χ2n) is 16.0. The predicted octanol–water partition coefficient (Wildman–Crippen LogP) is 15.5. The molecule has 1 nitrogen and oxygen atoms in total. The van der Waals surface area contributed by atoms with Crippen molar-refractivity contribution in [3.63, 3.8) is 0 Å². The Hall–Kier alpha value is -6.96. The molecule has 0 saturated carbocycles. The van der Waals surface area contributed by atoms with Crippen LogP contribution in [0.2, 0.25) is 0 Å². The van der Waals surface area contributed by atoms with Gasteiger partial charge in [0, 0.05) is 21.6 Å². The molecule has 12 rings (SSSR count). The molecular formula is C55H36O. The zero-order valence-electron chi connectivity index (χ0n) is 31.2. The Morgan fingerprint density at radius 3 is 1.59 bits per heavy atom. The van der Waals surface area contributed by atoms with Crippen molar-refractivity contribution in [2.75, 3.05) is 0 Å². The van der Waals surface area contributed by atoms with Crippen molar-refractivity contribution in [3.8, 4) is 44.5 Å². The number of fused-ring (bicyclic) bond motifs is 13. The van der Waals surface area contributed by atoms with Crippen LogP contribution in [0.1, 0.15) is 25.0 Å². The molecule has 1 aliphatic rings. The van der Waals surface area contributed by atoms with E-state index in [9.17, 15) is 0 Å². The van der Waals surface area contributed by atoms with Crippen LogP contribution in [0.15, 0.2) is 186 Å². The summed E-state index contributed by atoms with van der Waals surface area (Å²) < 4.78 is 6.61. The summed E-state index contributed by atoms with van der Waals surface area (Å²) in [4.78, 5) is 0. The van der Waals surface area contributed by atoms with Gasteiger partial charge in [0.15, 0.2) is 0 Å². The second-order valence-corrected chi connectivity index (χ2v) is 16.0. The van der Waals surface area contributed by atoms with Crippen molar-refractivity contribution in [2.24, 2.45) is 0 Å². The standard InChI is InChI=1S/C55H36O/c1-55(2)47-32-37(29-30-45(47)51-52-46-21-11-12-22-48(46)56-54(52)44-20-10-9-19-43(44)53(51)55)34-23-26-35(27-24-34)49-39-15-5-7-17-41(39)50(42-18-8-6-16-40(42)49)38-28-25-33-13-3-4-14-36(33)31-38/h3-32H,1-2H3. The van der Waals surface area contributed by atoms with E-state index in [1.165, 1.54) is 109 Å². The lowest BCUT2D eigenvalue weighted by molar-refractivity contribution is 0.664. The summed E-state index contributed by atoms with van der Waals surface area (Å²) in [6.45, 7) is 4.78. The molecule has 0 bridgehead atoms. The molecule has 0 atom stereocenters. The Morgan fingerprint density at radius 2 is 0.893 bits per heavy atom. The van der Waals surface area contributed by atoms with E-state index in [2.05, 4.69) is 196 Å². The molecule has 262 valence electrons. The third-order valence-corrected chi connectivity index (χ3v) is 12.6. The topological polar surface area (TPSA) is 13.1 Å². The lowest BCUT2D eigenvalue weighted by Crippen LogP contribution is -2.15. The van der Waals surface area contributed by atoms with E-state index in [0.29, 0.717) is 0 Å². The van der Waals surface area contributed by atoms with Crippen LogP contribution in [-0.2, 0) is 5.41 Å². The summed E-state index contributed by atoms with van der Waals surface area (Å²) in [6, 6.07) is 67.0. The van der Waals surface area contributed by atoms with Crippen LogP contribution < -0.4 is 0 Å². The quantitative estimate of drug-likeness (QED) is 0.166. The molecule has 10 aromatic carbocycles. The lowest BCUT2D eigenvalue weighted by atomic mass is 9.79. The largest absolute Gasteiger partial charge is 0.455 e. The predicted molar refractivity (Wildman–Crippen MR) is 238 cm³/mol. The first kappa shape index (κ1) is 31.4. The van der Waals surface area contributed by atoms with E-state index in [4.69, 9.17) is 4.42 Å². The first-order chi connectivity index (χ1) is 27.5. The number of hydrogen-bond acceptors (Lipinski definition) is 1. The molecule has 0 saturated heterocycles. The van der Waals surface area contributed by atoms with E-state index in [1.807, 2.05) is 0 Å². The summed E-state index contributed by atoms with van der Waals surface area (Å²) in [5.41, 5.74) is 14.6. The van der Waals surface area contributed by atoms with Gasteiger partial charge in [-0.2, -0.15) is 0 Å². The molecule has 0 spiro atoms. The highest BCUT2D eigenvalue weighted by Crippen LogP contribution is 2.57. The third kappa shape index (κ3) is 4.31. The normalized spacial score (nSPS) is 13.3. The van der Waals surface area contributed by atoms with Crippen LogP contribution in [0.25, 0.3) is 110 Å². The molecule has 56 heavy (non-hydrogen) atoms. The van der Waals surface area contributed by atoms with E-state index in [1.54, 1.807) is 0 Å². The smallest absolute Gasteiger partial charge is 0.143 e. The SMILES string of the molecule is CC1(C)c2cc(-c3ccc(-c4c5ccccc5c(-c5ccc6ccccc6c5)c5ccccc45)cc3)ccc2-c2c1c1ccccc1c1oc3ccccc3c21. The number of para-hydroxylation sites is 1. The maximum Gasteiger partial charge on any atom is 0.143 e. The Bertz CT molecular complexity index is 3370. The summed E-state index contributed by atoms with van der Waals surface area (Å²) in [5, 5.41) is 12.5. The highest BCUT2D eigenvalue weighted by Gasteiger charge is 2.39. The van der Waals surface area contributed by atoms with Crippen molar-refractivity contribution in [2.45, 2.75) is 19.3 Å². The van der Waals surface area contributed by atoms with Gasteiger partial charge in [0.05, 0.1) is 0 Å².